The van der Waals surface area contributed by atoms with E-state index in [1.165, 1.54) is 6.42 Å². The summed E-state index contributed by atoms with van der Waals surface area (Å²) >= 11 is 0. The summed E-state index contributed by atoms with van der Waals surface area (Å²) in [6.45, 7) is 0. The molecule has 2 saturated heterocycles. The quantitative estimate of drug-likeness (QED) is 0.884. The van der Waals surface area contributed by atoms with Crippen LogP contribution in [0.2, 0.25) is 0 Å². The van der Waals surface area contributed by atoms with E-state index in [2.05, 4.69) is 10.1 Å². The molecule has 104 valence electrons. The van der Waals surface area contributed by atoms with E-state index >= 15 is 0 Å². The third kappa shape index (κ3) is 2.09. The van der Waals surface area contributed by atoms with E-state index in [0.717, 1.165) is 50.2 Å². The maximum Gasteiger partial charge on any atom is 0.229 e. The highest BCUT2D eigenvalue weighted by Crippen LogP contribution is 2.44. The van der Waals surface area contributed by atoms with Crippen molar-refractivity contribution in [3.8, 4) is 0 Å². The van der Waals surface area contributed by atoms with Gasteiger partial charge in [-0.1, -0.05) is 5.16 Å². The number of hydrogen-bond donors (Lipinski definition) is 1. The van der Waals surface area contributed by atoms with Gasteiger partial charge in [0.15, 0.2) is 5.82 Å². The molecule has 2 aliphatic heterocycles. The Bertz CT molecular complexity index is 453. The van der Waals surface area contributed by atoms with Crippen molar-refractivity contribution in [2.45, 2.75) is 75.0 Å². The Morgan fingerprint density at radius 2 is 1.89 bits per heavy atom. The van der Waals surface area contributed by atoms with Gasteiger partial charge < -0.3 is 15.0 Å². The van der Waals surface area contributed by atoms with Crippen LogP contribution in [0.4, 0.5) is 0 Å². The zero-order chi connectivity index (χ0) is 12.8. The predicted molar refractivity (Wildman–Crippen MR) is 68.7 cm³/mol. The Labute approximate surface area is 112 Å². The lowest BCUT2D eigenvalue weighted by molar-refractivity contribution is 0.0996. The number of nitrogens with two attached hydrogens (primary N) is 1. The second kappa shape index (κ2) is 4.56. The van der Waals surface area contributed by atoms with Crippen molar-refractivity contribution in [2.24, 2.45) is 5.73 Å². The first-order chi connectivity index (χ1) is 9.29. The first-order valence-electron chi connectivity index (χ1n) is 7.54. The van der Waals surface area contributed by atoms with Crippen LogP contribution in [0, 0.1) is 0 Å². The maximum absolute atomic E-state index is 5.94. The van der Waals surface area contributed by atoms with Crippen LogP contribution in [-0.4, -0.2) is 28.4 Å². The smallest absolute Gasteiger partial charge is 0.229 e. The van der Waals surface area contributed by atoms with Crippen LogP contribution in [0.1, 0.15) is 68.5 Å². The topological polar surface area (TPSA) is 74.2 Å². The molecule has 1 saturated carbocycles. The lowest BCUT2D eigenvalue weighted by Crippen LogP contribution is -2.25. The molecule has 19 heavy (non-hydrogen) atoms. The normalized spacial score (nSPS) is 41.8. The van der Waals surface area contributed by atoms with Gasteiger partial charge in [0.25, 0.3) is 0 Å². The van der Waals surface area contributed by atoms with E-state index in [1.807, 2.05) is 0 Å². The first kappa shape index (κ1) is 11.9. The number of hydrogen-bond acceptors (Lipinski definition) is 5. The highest BCUT2D eigenvalue weighted by atomic mass is 16.5. The van der Waals surface area contributed by atoms with Gasteiger partial charge in [-0.3, -0.25) is 0 Å². The molecule has 2 N–H and O–H groups in total. The third-order valence-corrected chi connectivity index (χ3v) is 5.02. The second-order valence-corrected chi connectivity index (χ2v) is 6.32. The van der Waals surface area contributed by atoms with Crippen LogP contribution in [0.5, 0.6) is 0 Å². The lowest BCUT2D eigenvalue weighted by atomic mass is 9.86. The Kier molecular flexibility index (Phi) is 2.84. The molecular weight excluding hydrogens is 242 g/mol. The summed E-state index contributed by atoms with van der Waals surface area (Å²) < 4.78 is 11.4. The van der Waals surface area contributed by atoms with Gasteiger partial charge in [-0.05, 0) is 44.9 Å². The van der Waals surface area contributed by atoms with Gasteiger partial charge in [0.2, 0.25) is 5.89 Å². The molecule has 0 radical (unpaired) electrons. The van der Waals surface area contributed by atoms with Crippen molar-refractivity contribution in [1.29, 1.82) is 0 Å². The number of aromatic nitrogens is 2. The molecule has 3 fully saturated rings. The largest absolute Gasteiger partial charge is 0.374 e. The molecule has 0 aromatic carbocycles. The summed E-state index contributed by atoms with van der Waals surface area (Å²) in [6, 6.07) is 0.359. The van der Waals surface area contributed by atoms with Crippen LogP contribution in [0.25, 0.3) is 0 Å². The molecule has 0 spiro atoms. The van der Waals surface area contributed by atoms with E-state index < -0.39 is 0 Å². The third-order valence-electron chi connectivity index (χ3n) is 5.02. The van der Waals surface area contributed by atoms with Crippen LogP contribution in [0.15, 0.2) is 4.52 Å². The van der Waals surface area contributed by atoms with E-state index in [4.69, 9.17) is 15.0 Å². The van der Waals surface area contributed by atoms with Crippen molar-refractivity contribution >= 4 is 0 Å². The molecule has 4 rings (SSSR count). The van der Waals surface area contributed by atoms with Crippen molar-refractivity contribution in [2.75, 3.05) is 0 Å². The standard InChI is InChI=1S/C14H21N3O2/c15-9-3-1-8(2-4-9)14-16-13(17-19-14)11-7-10-5-6-12(11)18-10/h8-12H,1-7,15H2. The minimum atomic E-state index is 0.329. The molecule has 2 bridgehead atoms. The van der Waals surface area contributed by atoms with Gasteiger partial charge in [0, 0.05) is 12.0 Å². The Morgan fingerprint density at radius 3 is 2.58 bits per heavy atom. The van der Waals surface area contributed by atoms with Gasteiger partial charge in [-0.15, -0.1) is 0 Å². The molecule has 3 heterocycles. The molecule has 3 unspecified atom stereocenters. The summed E-state index contributed by atoms with van der Waals surface area (Å²) in [5, 5.41) is 4.21. The lowest BCUT2D eigenvalue weighted by Gasteiger charge is -2.23. The SMILES string of the molecule is NC1CCC(c2nc(C3CC4CCC3O4)no2)CC1. The fourth-order valence-electron chi connectivity index (χ4n) is 3.84. The van der Waals surface area contributed by atoms with Crippen LogP contribution in [0.3, 0.4) is 0 Å². The zero-order valence-corrected chi connectivity index (χ0v) is 11.1. The summed E-state index contributed by atoms with van der Waals surface area (Å²) in [6.07, 6.45) is 8.48. The number of rotatable bonds is 2. The molecule has 0 amide bonds. The average Bonchev–Trinajstić information content (AvgIpc) is 3.15. The average molecular weight is 263 g/mol. The Hall–Kier alpha value is -0.940. The summed E-state index contributed by atoms with van der Waals surface area (Å²) in [5.41, 5.74) is 5.94. The van der Waals surface area contributed by atoms with Gasteiger partial charge in [-0.25, -0.2) is 0 Å². The first-order valence-corrected chi connectivity index (χ1v) is 7.54. The summed E-state index contributed by atoms with van der Waals surface area (Å²) in [5.74, 6) is 2.48. The van der Waals surface area contributed by atoms with Crippen LogP contribution < -0.4 is 5.73 Å². The monoisotopic (exact) mass is 263 g/mol. The van der Waals surface area contributed by atoms with Gasteiger partial charge >= 0.3 is 0 Å². The number of nitrogens with zero attached hydrogens (tertiary/aromatic N) is 2. The molecule has 5 nitrogen and oxygen atoms in total. The van der Waals surface area contributed by atoms with E-state index in [0.29, 0.717) is 30.1 Å². The minimum absolute atomic E-state index is 0.329. The Balaban J connectivity index is 1.47. The number of fused-ring (bicyclic) bond motifs is 2. The fourth-order valence-corrected chi connectivity index (χ4v) is 3.84. The minimum Gasteiger partial charge on any atom is -0.374 e. The zero-order valence-electron chi connectivity index (χ0n) is 11.1. The van der Waals surface area contributed by atoms with Crippen molar-refractivity contribution in [3.05, 3.63) is 11.7 Å². The van der Waals surface area contributed by atoms with Crippen molar-refractivity contribution in [1.82, 2.24) is 10.1 Å². The summed E-state index contributed by atoms with van der Waals surface area (Å²) in [7, 11) is 0. The van der Waals surface area contributed by atoms with E-state index in [-0.39, 0.29) is 0 Å². The Morgan fingerprint density at radius 1 is 1.05 bits per heavy atom. The van der Waals surface area contributed by atoms with Crippen LogP contribution >= 0.6 is 0 Å². The summed E-state index contributed by atoms with van der Waals surface area (Å²) in [4.78, 5) is 4.66. The van der Waals surface area contributed by atoms with Gasteiger partial charge in [-0.2, -0.15) is 4.98 Å². The molecular formula is C14H21N3O2. The molecule has 3 atom stereocenters. The second-order valence-electron chi connectivity index (χ2n) is 6.32. The van der Waals surface area contributed by atoms with Crippen molar-refractivity contribution < 1.29 is 9.26 Å². The number of ether oxygens (including phenoxy) is 1. The van der Waals surface area contributed by atoms with Gasteiger partial charge in [0.1, 0.15) is 0 Å². The maximum atomic E-state index is 5.94. The molecule has 1 aliphatic carbocycles. The molecule has 1 aromatic heterocycles. The highest BCUT2D eigenvalue weighted by molar-refractivity contribution is 5.08. The predicted octanol–water partition coefficient (Wildman–Crippen LogP) is 2.09. The molecule has 3 aliphatic rings. The van der Waals surface area contributed by atoms with Crippen LogP contribution in [-0.2, 0) is 4.74 Å². The van der Waals surface area contributed by atoms with Gasteiger partial charge in [0.05, 0.1) is 18.1 Å². The molecule has 5 heteroatoms. The van der Waals surface area contributed by atoms with E-state index in [1.54, 1.807) is 0 Å². The fraction of sp³-hybridized carbons (Fsp3) is 0.857. The highest BCUT2D eigenvalue weighted by Gasteiger charge is 2.44. The van der Waals surface area contributed by atoms with Crippen molar-refractivity contribution in [3.63, 3.8) is 0 Å². The molecule has 1 aromatic rings. The van der Waals surface area contributed by atoms with E-state index in [9.17, 15) is 0 Å².